The van der Waals surface area contributed by atoms with E-state index in [-0.39, 0.29) is 0 Å². The smallest absolute Gasteiger partial charge is 0.00206 e. The van der Waals surface area contributed by atoms with Gasteiger partial charge in [0, 0.05) is 0 Å². The van der Waals surface area contributed by atoms with Gasteiger partial charge in [-0.3, -0.25) is 0 Å². The maximum absolute atomic E-state index is 2.40. The van der Waals surface area contributed by atoms with E-state index in [1.54, 1.807) is 0 Å². The van der Waals surface area contributed by atoms with Crippen molar-refractivity contribution in [2.75, 3.05) is 0 Å². The van der Waals surface area contributed by atoms with Crippen LogP contribution >= 0.6 is 0 Å². The molecule has 11 aromatic carbocycles. The molecular formula is C50H30. The predicted octanol–water partition coefficient (Wildman–Crippen LogP) is 14.1. The first-order chi connectivity index (χ1) is 24.8. The SMILES string of the molecule is c1ccc(-c2ccc(-c3ccc(-c4ccc5ccc6cccc7ccc4c5c67)cc3)cc2-c2ccc3ccc4cccc5ccc2c3c45)cc1. The van der Waals surface area contributed by atoms with Crippen molar-refractivity contribution in [1.29, 1.82) is 0 Å². The Balaban J connectivity index is 1.08. The summed E-state index contributed by atoms with van der Waals surface area (Å²) in [4.78, 5) is 0. The van der Waals surface area contributed by atoms with Crippen LogP contribution in [0.15, 0.2) is 182 Å². The fraction of sp³-hybridized carbons (Fsp3) is 0. The van der Waals surface area contributed by atoms with Crippen molar-refractivity contribution < 1.29 is 0 Å². The van der Waals surface area contributed by atoms with E-state index in [0.29, 0.717) is 0 Å². The Labute approximate surface area is 290 Å². The highest BCUT2D eigenvalue weighted by Gasteiger charge is 2.17. The van der Waals surface area contributed by atoms with E-state index >= 15 is 0 Å². The largest absolute Gasteiger partial charge is 0.0622 e. The van der Waals surface area contributed by atoms with E-state index in [1.165, 1.54) is 109 Å². The maximum Gasteiger partial charge on any atom is -0.00206 e. The Morgan fingerprint density at radius 3 is 1.22 bits per heavy atom. The van der Waals surface area contributed by atoms with Gasteiger partial charge in [0.25, 0.3) is 0 Å². The summed E-state index contributed by atoms with van der Waals surface area (Å²) in [6.45, 7) is 0. The van der Waals surface area contributed by atoms with Crippen LogP contribution in [-0.4, -0.2) is 0 Å². The lowest BCUT2D eigenvalue weighted by atomic mass is 9.86. The summed E-state index contributed by atoms with van der Waals surface area (Å²) in [6, 6.07) is 67.6. The summed E-state index contributed by atoms with van der Waals surface area (Å²) >= 11 is 0. The van der Waals surface area contributed by atoms with Gasteiger partial charge in [0.1, 0.15) is 0 Å². The van der Waals surface area contributed by atoms with E-state index in [9.17, 15) is 0 Å². The summed E-state index contributed by atoms with van der Waals surface area (Å²) in [7, 11) is 0. The lowest BCUT2D eigenvalue weighted by Crippen LogP contribution is -1.91. The van der Waals surface area contributed by atoms with Crippen LogP contribution < -0.4 is 0 Å². The second-order valence-corrected chi connectivity index (χ2v) is 13.6. The van der Waals surface area contributed by atoms with Crippen LogP contribution in [0.5, 0.6) is 0 Å². The van der Waals surface area contributed by atoms with Crippen molar-refractivity contribution in [3.63, 3.8) is 0 Å². The van der Waals surface area contributed by atoms with E-state index in [0.717, 1.165) is 0 Å². The van der Waals surface area contributed by atoms with E-state index < -0.39 is 0 Å². The van der Waals surface area contributed by atoms with Crippen LogP contribution in [0.3, 0.4) is 0 Å². The van der Waals surface area contributed by atoms with Crippen molar-refractivity contribution in [2.24, 2.45) is 0 Å². The number of hydrogen-bond donors (Lipinski definition) is 0. The molecule has 11 rings (SSSR count). The summed E-state index contributed by atoms with van der Waals surface area (Å²) in [5.74, 6) is 0. The lowest BCUT2D eigenvalue weighted by Gasteiger charge is -2.18. The molecule has 0 aliphatic rings. The van der Waals surface area contributed by atoms with Gasteiger partial charge in [-0.05, 0) is 115 Å². The van der Waals surface area contributed by atoms with Gasteiger partial charge < -0.3 is 0 Å². The second-order valence-electron chi connectivity index (χ2n) is 13.6. The van der Waals surface area contributed by atoms with Crippen LogP contribution in [0.25, 0.3) is 109 Å². The summed E-state index contributed by atoms with van der Waals surface area (Å²) in [5, 5.41) is 15.8. The third-order valence-electron chi connectivity index (χ3n) is 11.0. The van der Waals surface area contributed by atoms with Crippen molar-refractivity contribution in [1.82, 2.24) is 0 Å². The van der Waals surface area contributed by atoms with Gasteiger partial charge >= 0.3 is 0 Å². The molecule has 0 aromatic heterocycles. The molecule has 0 aliphatic heterocycles. The minimum Gasteiger partial charge on any atom is -0.0622 e. The predicted molar refractivity (Wildman–Crippen MR) is 216 cm³/mol. The monoisotopic (exact) mass is 630 g/mol. The first kappa shape index (κ1) is 27.5. The van der Waals surface area contributed by atoms with E-state index in [4.69, 9.17) is 0 Å². The standard InChI is InChI=1S/C50H30/c1-2-6-32(7-3-1)42-26-24-40(30-46(42)43-27-21-39-19-17-35-9-5-11-37-23-29-45(43)50(39)48(35)37)31-12-14-33(15-13-31)41-25-20-38-18-16-34-8-4-10-36-22-28-44(41)49(38)47(34)36/h1-30H. The molecule has 0 atom stereocenters. The lowest BCUT2D eigenvalue weighted by molar-refractivity contribution is 1.57. The van der Waals surface area contributed by atoms with Crippen LogP contribution in [0.2, 0.25) is 0 Å². The van der Waals surface area contributed by atoms with Gasteiger partial charge in [0.15, 0.2) is 0 Å². The van der Waals surface area contributed by atoms with Crippen LogP contribution in [0.1, 0.15) is 0 Å². The third kappa shape index (κ3) is 4.00. The Kier molecular flexibility index (Phi) is 5.76. The third-order valence-corrected chi connectivity index (χ3v) is 11.0. The molecule has 0 fully saturated rings. The first-order valence-electron chi connectivity index (χ1n) is 17.4. The van der Waals surface area contributed by atoms with Gasteiger partial charge in [0.05, 0.1) is 0 Å². The van der Waals surface area contributed by atoms with Crippen molar-refractivity contribution in [3.05, 3.63) is 182 Å². The highest BCUT2D eigenvalue weighted by Crippen LogP contribution is 2.44. The zero-order valence-electron chi connectivity index (χ0n) is 27.3. The average molecular weight is 631 g/mol. The fourth-order valence-corrected chi connectivity index (χ4v) is 8.62. The summed E-state index contributed by atoms with van der Waals surface area (Å²) < 4.78 is 0. The summed E-state index contributed by atoms with van der Waals surface area (Å²) in [6.07, 6.45) is 0. The topological polar surface area (TPSA) is 0 Å². The zero-order chi connectivity index (χ0) is 32.8. The zero-order valence-corrected chi connectivity index (χ0v) is 27.3. The normalized spacial score (nSPS) is 12.0. The molecule has 230 valence electrons. The Morgan fingerprint density at radius 2 is 0.620 bits per heavy atom. The summed E-state index contributed by atoms with van der Waals surface area (Å²) in [5.41, 5.74) is 9.93. The molecule has 0 saturated carbocycles. The molecule has 0 heterocycles. The van der Waals surface area contributed by atoms with Gasteiger partial charge in [-0.2, -0.15) is 0 Å². The van der Waals surface area contributed by atoms with Crippen molar-refractivity contribution >= 4 is 64.6 Å². The molecule has 50 heavy (non-hydrogen) atoms. The second kappa shape index (κ2) is 10.5. The molecule has 0 radical (unpaired) electrons. The minimum atomic E-state index is 1.21. The highest BCUT2D eigenvalue weighted by atomic mass is 14.2. The van der Waals surface area contributed by atoms with Gasteiger partial charge in [-0.1, -0.05) is 176 Å². The molecule has 0 bridgehead atoms. The molecule has 0 aliphatic carbocycles. The van der Waals surface area contributed by atoms with E-state index in [2.05, 4.69) is 182 Å². The molecule has 0 nitrogen and oxygen atoms in total. The highest BCUT2D eigenvalue weighted by molar-refractivity contribution is 6.27. The number of benzene rings is 11. The molecule has 0 heteroatoms. The Morgan fingerprint density at radius 1 is 0.200 bits per heavy atom. The van der Waals surface area contributed by atoms with Gasteiger partial charge in [-0.15, -0.1) is 0 Å². The quantitative estimate of drug-likeness (QED) is 0.170. The minimum absolute atomic E-state index is 1.21. The molecule has 0 N–H and O–H groups in total. The molecule has 0 amide bonds. The van der Waals surface area contributed by atoms with Crippen LogP contribution in [-0.2, 0) is 0 Å². The molecule has 0 unspecified atom stereocenters. The molecule has 11 aromatic rings. The van der Waals surface area contributed by atoms with Crippen LogP contribution in [0.4, 0.5) is 0 Å². The Hall–Kier alpha value is -6.50. The molecular weight excluding hydrogens is 601 g/mol. The number of hydrogen-bond acceptors (Lipinski definition) is 0. The van der Waals surface area contributed by atoms with Crippen molar-refractivity contribution in [2.45, 2.75) is 0 Å². The average Bonchev–Trinajstić information content (AvgIpc) is 3.19. The number of rotatable bonds is 4. The van der Waals surface area contributed by atoms with E-state index in [1.807, 2.05) is 0 Å². The first-order valence-corrected chi connectivity index (χ1v) is 17.4. The molecule has 0 spiro atoms. The maximum atomic E-state index is 2.40. The van der Waals surface area contributed by atoms with Crippen molar-refractivity contribution in [3.8, 4) is 44.5 Å². The van der Waals surface area contributed by atoms with Gasteiger partial charge in [0.2, 0.25) is 0 Å². The van der Waals surface area contributed by atoms with Gasteiger partial charge in [-0.25, -0.2) is 0 Å². The molecule has 0 saturated heterocycles. The Bertz CT molecular complexity index is 3030. The van der Waals surface area contributed by atoms with Crippen LogP contribution in [0, 0.1) is 0 Å². The fourth-order valence-electron chi connectivity index (χ4n) is 8.62.